The van der Waals surface area contributed by atoms with Crippen LogP contribution in [-0.4, -0.2) is 36.7 Å². The van der Waals surface area contributed by atoms with E-state index in [0.29, 0.717) is 0 Å². The Kier molecular flexibility index (Phi) is 3.67. The monoisotopic (exact) mass is 239 g/mol. The van der Waals surface area contributed by atoms with Gasteiger partial charge in [0.1, 0.15) is 0 Å². The van der Waals surface area contributed by atoms with Crippen LogP contribution in [0.1, 0.15) is 24.3 Å². The molecule has 0 saturated carbocycles. The van der Waals surface area contributed by atoms with Gasteiger partial charge in [-0.05, 0) is 44.2 Å². The molecule has 1 fully saturated rings. The van der Waals surface area contributed by atoms with Crippen molar-refractivity contribution in [3.05, 3.63) is 21.9 Å². The summed E-state index contributed by atoms with van der Waals surface area (Å²) in [6, 6.07) is 2.22. The highest BCUT2D eigenvalue weighted by Gasteiger charge is 2.29. The van der Waals surface area contributed by atoms with E-state index in [2.05, 4.69) is 37.1 Å². The first kappa shape index (κ1) is 12.1. The molecule has 1 saturated heterocycles. The quantitative estimate of drug-likeness (QED) is 0.804. The first-order valence-electron chi connectivity index (χ1n) is 5.95. The molecule has 1 aromatic rings. The fourth-order valence-electron chi connectivity index (χ4n) is 2.26. The lowest BCUT2D eigenvalue weighted by Gasteiger charge is -2.40. The molecule has 1 aromatic heterocycles. The van der Waals surface area contributed by atoms with E-state index < -0.39 is 0 Å². The van der Waals surface area contributed by atoms with Crippen LogP contribution < -0.4 is 0 Å². The van der Waals surface area contributed by atoms with Gasteiger partial charge in [-0.3, -0.25) is 4.90 Å². The van der Waals surface area contributed by atoms with Crippen LogP contribution in [0.4, 0.5) is 0 Å². The van der Waals surface area contributed by atoms with Gasteiger partial charge >= 0.3 is 0 Å². The van der Waals surface area contributed by atoms with E-state index in [1.165, 1.54) is 10.4 Å². The first-order chi connectivity index (χ1) is 7.59. The van der Waals surface area contributed by atoms with E-state index in [4.69, 9.17) is 4.74 Å². The Labute approximate surface area is 102 Å². The zero-order valence-corrected chi connectivity index (χ0v) is 11.3. The molecule has 0 unspecified atom stereocenters. The van der Waals surface area contributed by atoms with Gasteiger partial charge in [-0.1, -0.05) is 0 Å². The molecule has 1 aliphatic heterocycles. The molecule has 0 spiro atoms. The van der Waals surface area contributed by atoms with Crippen LogP contribution in [0.2, 0.25) is 0 Å². The van der Waals surface area contributed by atoms with Gasteiger partial charge in [-0.2, -0.15) is 0 Å². The number of ether oxygens (including phenoxy) is 1. The number of aryl methyl sites for hydroxylation is 1. The summed E-state index contributed by atoms with van der Waals surface area (Å²) in [5.74, 6) is 0. The van der Waals surface area contributed by atoms with Gasteiger partial charge in [0.15, 0.2) is 0 Å². The SMILES string of the molecule is Cc1ccsc1CC(C)(C)N1CCOCC1. The Hall–Kier alpha value is -0.380. The second kappa shape index (κ2) is 4.86. The molecule has 0 aliphatic carbocycles. The van der Waals surface area contributed by atoms with Crippen LogP contribution in [0, 0.1) is 6.92 Å². The predicted molar refractivity (Wildman–Crippen MR) is 69.2 cm³/mol. The minimum absolute atomic E-state index is 0.249. The number of hydrogen-bond acceptors (Lipinski definition) is 3. The highest BCUT2D eigenvalue weighted by Crippen LogP contribution is 2.26. The molecule has 2 heterocycles. The third-order valence-corrected chi connectivity index (χ3v) is 4.45. The maximum Gasteiger partial charge on any atom is 0.0594 e. The minimum Gasteiger partial charge on any atom is -0.379 e. The van der Waals surface area contributed by atoms with E-state index in [9.17, 15) is 0 Å². The van der Waals surface area contributed by atoms with Crippen LogP contribution in [0.5, 0.6) is 0 Å². The van der Waals surface area contributed by atoms with Crippen LogP contribution in [0.25, 0.3) is 0 Å². The molecule has 0 atom stereocenters. The lowest BCUT2D eigenvalue weighted by molar-refractivity contribution is -0.00963. The molecular formula is C13H21NOS. The predicted octanol–water partition coefficient (Wildman–Crippen LogP) is 2.71. The first-order valence-corrected chi connectivity index (χ1v) is 6.83. The highest BCUT2D eigenvalue weighted by molar-refractivity contribution is 7.10. The molecule has 0 bridgehead atoms. The lowest BCUT2D eigenvalue weighted by Crippen LogP contribution is -2.51. The molecular weight excluding hydrogens is 218 g/mol. The van der Waals surface area contributed by atoms with Gasteiger partial charge in [-0.15, -0.1) is 11.3 Å². The molecule has 3 heteroatoms. The summed E-state index contributed by atoms with van der Waals surface area (Å²) in [7, 11) is 0. The average Bonchev–Trinajstić information content (AvgIpc) is 2.65. The Morgan fingerprint density at radius 3 is 2.62 bits per heavy atom. The summed E-state index contributed by atoms with van der Waals surface area (Å²) in [6.07, 6.45) is 1.15. The van der Waals surface area contributed by atoms with Crippen molar-refractivity contribution in [2.24, 2.45) is 0 Å². The number of rotatable bonds is 3. The molecule has 1 aliphatic rings. The maximum absolute atomic E-state index is 5.41. The number of nitrogens with zero attached hydrogens (tertiary/aromatic N) is 1. The zero-order chi connectivity index (χ0) is 11.6. The van der Waals surface area contributed by atoms with E-state index in [0.717, 1.165) is 32.7 Å². The number of thiophene rings is 1. The molecule has 0 radical (unpaired) electrons. The van der Waals surface area contributed by atoms with Crippen molar-refractivity contribution in [1.82, 2.24) is 4.90 Å². The Bertz CT molecular complexity index is 339. The van der Waals surface area contributed by atoms with Crippen molar-refractivity contribution in [3.8, 4) is 0 Å². The van der Waals surface area contributed by atoms with Crippen molar-refractivity contribution in [3.63, 3.8) is 0 Å². The Balaban J connectivity index is 2.04. The fourth-order valence-corrected chi connectivity index (χ4v) is 3.39. The molecule has 0 amide bonds. The molecule has 0 aromatic carbocycles. The normalized spacial score (nSPS) is 18.9. The van der Waals surface area contributed by atoms with E-state index in [1.807, 2.05) is 11.3 Å². The van der Waals surface area contributed by atoms with Crippen molar-refractivity contribution >= 4 is 11.3 Å². The maximum atomic E-state index is 5.41. The van der Waals surface area contributed by atoms with Gasteiger partial charge in [-0.25, -0.2) is 0 Å². The second-order valence-electron chi connectivity index (χ2n) is 5.12. The Morgan fingerprint density at radius 1 is 1.38 bits per heavy atom. The van der Waals surface area contributed by atoms with Gasteiger partial charge in [0, 0.05) is 23.5 Å². The Morgan fingerprint density at radius 2 is 2.06 bits per heavy atom. The van der Waals surface area contributed by atoms with E-state index in [1.54, 1.807) is 0 Å². The van der Waals surface area contributed by atoms with Crippen LogP contribution >= 0.6 is 11.3 Å². The van der Waals surface area contributed by atoms with Crippen LogP contribution in [-0.2, 0) is 11.2 Å². The van der Waals surface area contributed by atoms with Gasteiger partial charge in [0.2, 0.25) is 0 Å². The van der Waals surface area contributed by atoms with Crippen LogP contribution in [0.3, 0.4) is 0 Å². The summed E-state index contributed by atoms with van der Waals surface area (Å²) in [4.78, 5) is 4.08. The van der Waals surface area contributed by atoms with E-state index in [-0.39, 0.29) is 5.54 Å². The van der Waals surface area contributed by atoms with E-state index >= 15 is 0 Å². The summed E-state index contributed by atoms with van der Waals surface area (Å²) >= 11 is 1.88. The zero-order valence-electron chi connectivity index (χ0n) is 10.5. The summed E-state index contributed by atoms with van der Waals surface area (Å²) in [5, 5.41) is 2.19. The number of morpholine rings is 1. The standard InChI is InChI=1S/C13H21NOS/c1-11-4-9-16-12(11)10-13(2,3)14-5-7-15-8-6-14/h4,9H,5-8,10H2,1-3H3. The molecule has 16 heavy (non-hydrogen) atoms. The summed E-state index contributed by atoms with van der Waals surface area (Å²) in [5.41, 5.74) is 1.69. The minimum atomic E-state index is 0.249. The molecule has 2 rings (SSSR count). The van der Waals surface area contributed by atoms with Crippen molar-refractivity contribution in [1.29, 1.82) is 0 Å². The topological polar surface area (TPSA) is 12.5 Å². The number of hydrogen-bond donors (Lipinski definition) is 0. The van der Waals surface area contributed by atoms with Crippen LogP contribution in [0.15, 0.2) is 11.4 Å². The van der Waals surface area contributed by atoms with Gasteiger partial charge < -0.3 is 4.74 Å². The van der Waals surface area contributed by atoms with Gasteiger partial charge in [0.05, 0.1) is 13.2 Å². The average molecular weight is 239 g/mol. The summed E-state index contributed by atoms with van der Waals surface area (Å²) < 4.78 is 5.41. The fraction of sp³-hybridized carbons (Fsp3) is 0.692. The smallest absolute Gasteiger partial charge is 0.0594 e. The van der Waals surface area contributed by atoms with Crippen molar-refractivity contribution in [2.45, 2.75) is 32.7 Å². The second-order valence-corrected chi connectivity index (χ2v) is 6.12. The van der Waals surface area contributed by atoms with Crippen molar-refractivity contribution in [2.75, 3.05) is 26.3 Å². The largest absolute Gasteiger partial charge is 0.379 e. The van der Waals surface area contributed by atoms with Gasteiger partial charge in [0.25, 0.3) is 0 Å². The molecule has 0 N–H and O–H groups in total. The molecule has 90 valence electrons. The molecule has 2 nitrogen and oxygen atoms in total. The lowest BCUT2D eigenvalue weighted by atomic mass is 9.95. The summed E-state index contributed by atoms with van der Waals surface area (Å²) in [6.45, 7) is 10.8. The van der Waals surface area contributed by atoms with Crippen molar-refractivity contribution < 1.29 is 4.74 Å². The highest BCUT2D eigenvalue weighted by atomic mass is 32.1. The third kappa shape index (κ3) is 2.65. The third-order valence-electron chi connectivity index (χ3n) is 3.43.